The van der Waals surface area contributed by atoms with Crippen LogP contribution < -0.4 is 4.74 Å². The van der Waals surface area contributed by atoms with E-state index in [0.29, 0.717) is 30.1 Å². The zero-order chi connectivity index (χ0) is 25.9. The molecule has 0 spiro atoms. The molecule has 4 aromatic rings. The summed E-state index contributed by atoms with van der Waals surface area (Å²) < 4.78 is 6.00. The van der Waals surface area contributed by atoms with Gasteiger partial charge in [0.05, 0.1) is 28.4 Å². The lowest BCUT2D eigenvalue weighted by Gasteiger charge is -2.32. The topological polar surface area (TPSA) is 68.7 Å². The third kappa shape index (κ3) is 5.04. The standard InChI is InChI=1S/C32H30N2O4/c35-31-27-11-5-6-12-28(27)32(36)34(31)38-30(24-9-2-1-3-10-24)20-22-14-18-26(19-15-22)37-21-25-17-16-23-8-4-7-13-29(23)33-25/h4-8,11-19,24,30H,1-3,9-10,20-21H2. The van der Waals surface area contributed by atoms with E-state index in [9.17, 15) is 9.59 Å². The molecule has 6 heteroatoms. The predicted molar refractivity (Wildman–Crippen MR) is 145 cm³/mol. The second-order valence-electron chi connectivity index (χ2n) is 10.1. The van der Waals surface area contributed by atoms with E-state index >= 15 is 0 Å². The molecule has 2 aliphatic rings. The molecular formula is C32H30N2O4. The second kappa shape index (κ2) is 10.8. The molecule has 38 heavy (non-hydrogen) atoms. The van der Waals surface area contributed by atoms with Crippen LogP contribution in [0.15, 0.2) is 84.9 Å². The Hall–Kier alpha value is -4.03. The molecule has 1 saturated carbocycles. The number of aromatic nitrogens is 1. The Bertz CT molecular complexity index is 1430. The summed E-state index contributed by atoms with van der Waals surface area (Å²) in [4.78, 5) is 36.8. The third-order valence-corrected chi connectivity index (χ3v) is 7.58. The van der Waals surface area contributed by atoms with E-state index in [1.54, 1.807) is 24.3 Å². The fraction of sp³-hybridized carbons (Fsp3) is 0.281. The number of rotatable bonds is 8. The van der Waals surface area contributed by atoms with Crippen LogP contribution >= 0.6 is 0 Å². The Morgan fingerprint density at radius 3 is 2.21 bits per heavy atom. The predicted octanol–water partition coefficient (Wildman–Crippen LogP) is 6.53. The van der Waals surface area contributed by atoms with Gasteiger partial charge in [0, 0.05) is 11.8 Å². The Labute approximate surface area is 222 Å². The van der Waals surface area contributed by atoms with Gasteiger partial charge in [0.25, 0.3) is 11.8 Å². The molecule has 2 amide bonds. The monoisotopic (exact) mass is 506 g/mol. The number of hydrogen-bond acceptors (Lipinski definition) is 5. The average Bonchev–Trinajstić information content (AvgIpc) is 3.21. The molecule has 0 N–H and O–H groups in total. The van der Waals surface area contributed by atoms with Gasteiger partial charge in [0.1, 0.15) is 12.4 Å². The number of fused-ring (bicyclic) bond motifs is 2. The smallest absolute Gasteiger partial charge is 0.285 e. The summed E-state index contributed by atoms with van der Waals surface area (Å²) in [5.41, 5.74) is 3.72. The fourth-order valence-electron chi connectivity index (χ4n) is 5.49. The summed E-state index contributed by atoms with van der Waals surface area (Å²) >= 11 is 0. The number of para-hydroxylation sites is 1. The lowest BCUT2D eigenvalue weighted by molar-refractivity contribution is -0.152. The van der Waals surface area contributed by atoms with Gasteiger partial charge in [-0.2, -0.15) is 0 Å². The van der Waals surface area contributed by atoms with Crippen molar-refractivity contribution in [3.8, 4) is 5.75 Å². The number of nitrogens with zero attached hydrogens (tertiary/aromatic N) is 2. The molecule has 6 rings (SSSR count). The molecule has 0 bridgehead atoms. The highest BCUT2D eigenvalue weighted by molar-refractivity contribution is 6.20. The number of benzene rings is 3. The molecular weight excluding hydrogens is 476 g/mol. The van der Waals surface area contributed by atoms with E-state index in [-0.39, 0.29) is 17.9 Å². The maximum atomic E-state index is 12.9. The van der Waals surface area contributed by atoms with Crippen molar-refractivity contribution in [1.29, 1.82) is 0 Å². The van der Waals surface area contributed by atoms with E-state index in [1.165, 1.54) is 6.42 Å². The first-order chi connectivity index (χ1) is 18.7. The van der Waals surface area contributed by atoms with Crippen LogP contribution in [0, 0.1) is 5.92 Å². The van der Waals surface area contributed by atoms with Crippen molar-refractivity contribution in [3.05, 3.63) is 107 Å². The molecule has 1 unspecified atom stereocenters. The van der Waals surface area contributed by atoms with Crippen molar-refractivity contribution in [2.45, 2.75) is 51.2 Å². The van der Waals surface area contributed by atoms with Gasteiger partial charge in [-0.15, -0.1) is 5.06 Å². The number of pyridine rings is 1. The Balaban J connectivity index is 1.13. The quantitative estimate of drug-likeness (QED) is 0.254. The zero-order valence-corrected chi connectivity index (χ0v) is 21.2. The van der Waals surface area contributed by atoms with E-state index in [0.717, 1.165) is 58.7 Å². The number of imide groups is 1. The minimum Gasteiger partial charge on any atom is -0.487 e. The summed E-state index contributed by atoms with van der Waals surface area (Å²) in [5.74, 6) is 0.303. The summed E-state index contributed by atoms with van der Waals surface area (Å²) in [6.45, 7) is 0.387. The molecule has 1 fully saturated rings. The zero-order valence-electron chi connectivity index (χ0n) is 21.2. The van der Waals surface area contributed by atoms with Gasteiger partial charge in [-0.05, 0) is 60.7 Å². The number of ether oxygens (including phenoxy) is 1. The highest BCUT2D eigenvalue weighted by Crippen LogP contribution is 2.33. The largest absolute Gasteiger partial charge is 0.487 e. The molecule has 6 nitrogen and oxygen atoms in total. The second-order valence-corrected chi connectivity index (χ2v) is 10.1. The molecule has 1 aromatic heterocycles. The van der Waals surface area contributed by atoms with Gasteiger partial charge < -0.3 is 4.74 Å². The summed E-state index contributed by atoms with van der Waals surface area (Å²) in [7, 11) is 0. The first-order valence-electron chi connectivity index (χ1n) is 13.4. The van der Waals surface area contributed by atoms with Crippen molar-refractivity contribution in [1.82, 2.24) is 10.0 Å². The van der Waals surface area contributed by atoms with Gasteiger partial charge in [-0.25, -0.2) is 4.98 Å². The van der Waals surface area contributed by atoms with E-state index < -0.39 is 0 Å². The molecule has 1 aliphatic heterocycles. The molecule has 2 heterocycles. The minimum atomic E-state index is -0.377. The normalized spacial score (nSPS) is 16.6. The summed E-state index contributed by atoms with van der Waals surface area (Å²) in [6.07, 6.45) is 5.93. The van der Waals surface area contributed by atoms with E-state index in [1.807, 2.05) is 54.6 Å². The van der Waals surface area contributed by atoms with Gasteiger partial charge in [0.2, 0.25) is 0 Å². The number of hydrogen-bond donors (Lipinski definition) is 0. The summed E-state index contributed by atoms with van der Waals surface area (Å²) in [5, 5.41) is 2.09. The number of carbonyl (C=O) groups is 2. The maximum absolute atomic E-state index is 12.9. The van der Waals surface area contributed by atoms with Gasteiger partial charge in [-0.1, -0.05) is 67.8 Å². The van der Waals surface area contributed by atoms with Crippen molar-refractivity contribution in [3.63, 3.8) is 0 Å². The molecule has 192 valence electrons. The minimum absolute atomic E-state index is 0.258. The Kier molecular flexibility index (Phi) is 6.88. The first-order valence-corrected chi connectivity index (χ1v) is 13.4. The molecule has 1 aliphatic carbocycles. The van der Waals surface area contributed by atoms with Crippen LogP contribution in [0.1, 0.15) is 64.1 Å². The van der Waals surface area contributed by atoms with Crippen LogP contribution in [0.2, 0.25) is 0 Å². The Morgan fingerprint density at radius 1 is 0.789 bits per heavy atom. The van der Waals surface area contributed by atoms with Gasteiger partial charge in [-0.3, -0.25) is 14.4 Å². The van der Waals surface area contributed by atoms with Crippen LogP contribution in [0.5, 0.6) is 5.75 Å². The third-order valence-electron chi connectivity index (χ3n) is 7.58. The fourth-order valence-corrected chi connectivity index (χ4v) is 5.49. The van der Waals surface area contributed by atoms with Crippen LogP contribution in [0.4, 0.5) is 0 Å². The maximum Gasteiger partial charge on any atom is 0.285 e. The number of hydroxylamine groups is 2. The van der Waals surface area contributed by atoms with E-state index in [2.05, 4.69) is 11.1 Å². The van der Waals surface area contributed by atoms with Crippen LogP contribution in [0.25, 0.3) is 10.9 Å². The average molecular weight is 507 g/mol. The first kappa shape index (κ1) is 24.3. The van der Waals surface area contributed by atoms with Crippen molar-refractivity contribution in [2.75, 3.05) is 0 Å². The lowest BCUT2D eigenvalue weighted by atomic mass is 9.83. The van der Waals surface area contributed by atoms with Crippen molar-refractivity contribution in [2.24, 2.45) is 5.92 Å². The SMILES string of the molecule is O=C1c2ccccc2C(=O)N1OC(Cc1ccc(OCc2ccc3ccccc3n2)cc1)C1CCCCC1. The van der Waals surface area contributed by atoms with Crippen molar-refractivity contribution >= 4 is 22.7 Å². The molecule has 1 atom stereocenters. The van der Waals surface area contributed by atoms with Crippen LogP contribution in [-0.2, 0) is 17.9 Å². The Morgan fingerprint density at radius 2 is 1.47 bits per heavy atom. The van der Waals surface area contributed by atoms with Crippen molar-refractivity contribution < 1.29 is 19.2 Å². The molecule has 0 radical (unpaired) electrons. The van der Waals surface area contributed by atoms with Crippen LogP contribution in [-0.4, -0.2) is 28.0 Å². The van der Waals surface area contributed by atoms with Crippen LogP contribution in [0.3, 0.4) is 0 Å². The van der Waals surface area contributed by atoms with E-state index in [4.69, 9.17) is 9.57 Å². The molecule has 0 saturated heterocycles. The summed E-state index contributed by atoms with van der Waals surface area (Å²) in [6, 6.07) is 27.0. The highest BCUT2D eigenvalue weighted by atomic mass is 16.7. The number of carbonyl (C=O) groups excluding carboxylic acids is 2. The highest BCUT2D eigenvalue weighted by Gasteiger charge is 2.39. The molecule has 3 aromatic carbocycles. The van der Waals surface area contributed by atoms with Gasteiger partial charge in [0.15, 0.2) is 0 Å². The van der Waals surface area contributed by atoms with Gasteiger partial charge >= 0.3 is 0 Å². The lowest BCUT2D eigenvalue weighted by Crippen LogP contribution is -2.39. The number of amides is 2.